The topological polar surface area (TPSA) is 29.1 Å². The molecule has 84 valence electrons. The Morgan fingerprint density at radius 1 is 1.38 bits per heavy atom. The lowest BCUT2D eigenvalue weighted by Crippen LogP contribution is -1.99. The molecule has 0 bridgehead atoms. The SMILES string of the molecule is O=c1ssc(NCc2cccc(Br)c2)c1Cl. The van der Waals surface area contributed by atoms with Crippen LogP contribution >= 0.6 is 48.2 Å². The van der Waals surface area contributed by atoms with Crippen molar-refractivity contribution in [2.45, 2.75) is 6.54 Å². The molecule has 16 heavy (non-hydrogen) atoms. The third-order valence-corrected chi connectivity index (χ3v) is 5.16. The summed E-state index contributed by atoms with van der Waals surface area (Å²) in [5.74, 6) is 0. The number of benzene rings is 1. The first-order chi connectivity index (χ1) is 7.66. The molecule has 1 heterocycles. The van der Waals surface area contributed by atoms with Crippen LogP contribution in [0.15, 0.2) is 33.5 Å². The first-order valence-corrected chi connectivity index (χ1v) is 7.76. The van der Waals surface area contributed by atoms with E-state index in [0.717, 1.165) is 25.4 Å². The molecule has 0 spiro atoms. The number of nitrogens with one attached hydrogen (secondary N) is 1. The normalized spacial score (nSPS) is 10.4. The number of rotatable bonds is 3. The standard InChI is InChI=1S/C10H7BrClNOS2/c11-7-3-1-2-6(4-7)5-13-9-8(12)10(14)16-15-9/h1-4,13H,5H2. The number of hydrogen-bond donors (Lipinski definition) is 1. The average Bonchev–Trinajstić information content (AvgIpc) is 2.57. The Morgan fingerprint density at radius 2 is 2.19 bits per heavy atom. The van der Waals surface area contributed by atoms with Gasteiger partial charge in [-0.2, -0.15) is 0 Å². The molecule has 0 aliphatic heterocycles. The minimum Gasteiger partial charge on any atom is -0.371 e. The summed E-state index contributed by atoms with van der Waals surface area (Å²) in [5.41, 5.74) is 1.14. The van der Waals surface area contributed by atoms with E-state index in [9.17, 15) is 4.79 Å². The lowest BCUT2D eigenvalue weighted by Gasteiger charge is -2.04. The molecule has 2 nitrogen and oxygen atoms in total. The molecule has 1 N–H and O–H groups in total. The van der Waals surface area contributed by atoms with Crippen molar-refractivity contribution < 1.29 is 0 Å². The molecule has 0 saturated heterocycles. The molecule has 1 aromatic carbocycles. The van der Waals surface area contributed by atoms with E-state index in [1.807, 2.05) is 24.3 Å². The Morgan fingerprint density at radius 3 is 2.81 bits per heavy atom. The second-order valence-corrected chi connectivity index (χ2v) is 6.49. The molecule has 0 atom stereocenters. The summed E-state index contributed by atoms with van der Waals surface area (Å²) in [6, 6.07) is 7.98. The van der Waals surface area contributed by atoms with Gasteiger partial charge in [-0.25, -0.2) is 0 Å². The van der Waals surface area contributed by atoms with Crippen LogP contribution in [0.25, 0.3) is 0 Å². The highest BCUT2D eigenvalue weighted by Crippen LogP contribution is 2.27. The van der Waals surface area contributed by atoms with E-state index in [1.54, 1.807) is 0 Å². The number of hydrogen-bond acceptors (Lipinski definition) is 4. The van der Waals surface area contributed by atoms with Crippen LogP contribution in [0.4, 0.5) is 5.00 Å². The largest absolute Gasteiger partial charge is 0.371 e. The predicted molar refractivity (Wildman–Crippen MR) is 74.9 cm³/mol. The molecule has 6 heteroatoms. The van der Waals surface area contributed by atoms with Crippen molar-refractivity contribution in [1.29, 1.82) is 0 Å². The highest BCUT2D eigenvalue weighted by Gasteiger charge is 2.07. The zero-order chi connectivity index (χ0) is 11.5. The molecule has 2 aromatic rings. The van der Waals surface area contributed by atoms with Gasteiger partial charge in [-0.1, -0.05) is 50.0 Å². The van der Waals surface area contributed by atoms with E-state index >= 15 is 0 Å². The maximum atomic E-state index is 11.2. The fraction of sp³-hybridized carbons (Fsp3) is 0.100. The van der Waals surface area contributed by atoms with Crippen LogP contribution in [0.2, 0.25) is 5.02 Å². The van der Waals surface area contributed by atoms with Crippen molar-refractivity contribution in [3.05, 3.63) is 48.9 Å². The van der Waals surface area contributed by atoms with Crippen LogP contribution in [0, 0.1) is 0 Å². The third-order valence-electron chi connectivity index (χ3n) is 1.92. The van der Waals surface area contributed by atoms with Crippen molar-refractivity contribution in [3.8, 4) is 0 Å². The van der Waals surface area contributed by atoms with Crippen molar-refractivity contribution >= 4 is 53.2 Å². The summed E-state index contributed by atoms with van der Waals surface area (Å²) in [5, 5.41) is 4.20. The van der Waals surface area contributed by atoms with Crippen LogP contribution in [-0.4, -0.2) is 0 Å². The molecule has 0 amide bonds. The minimum atomic E-state index is -0.0802. The predicted octanol–water partition coefficient (Wildman–Crippen LogP) is 4.20. The molecule has 1 aromatic heterocycles. The van der Waals surface area contributed by atoms with Crippen LogP contribution in [-0.2, 0) is 6.54 Å². The van der Waals surface area contributed by atoms with Crippen molar-refractivity contribution in [3.63, 3.8) is 0 Å². The smallest absolute Gasteiger partial charge is 0.263 e. The van der Waals surface area contributed by atoms with Crippen molar-refractivity contribution in [2.75, 3.05) is 5.32 Å². The molecule has 2 rings (SSSR count). The van der Waals surface area contributed by atoms with Crippen LogP contribution in [0.5, 0.6) is 0 Å². The fourth-order valence-corrected chi connectivity index (χ4v) is 4.05. The van der Waals surface area contributed by atoms with Gasteiger partial charge in [-0.15, -0.1) is 0 Å². The maximum Gasteiger partial charge on any atom is 0.263 e. The third kappa shape index (κ3) is 2.85. The van der Waals surface area contributed by atoms with E-state index in [4.69, 9.17) is 11.6 Å². The van der Waals surface area contributed by atoms with Gasteiger partial charge >= 0.3 is 0 Å². The Kier molecular flexibility index (Phi) is 4.02. The molecule has 0 radical (unpaired) electrons. The van der Waals surface area contributed by atoms with Crippen molar-refractivity contribution in [2.24, 2.45) is 0 Å². The minimum absolute atomic E-state index is 0.0802. The number of anilines is 1. The highest BCUT2D eigenvalue weighted by molar-refractivity contribution is 9.10. The summed E-state index contributed by atoms with van der Waals surface area (Å²) < 4.78 is 0.958. The van der Waals surface area contributed by atoms with E-state index < -0.39 is 0 Å². The first kappa shape index (κ1) is 12.1. The maximum absolute atomic E-state index is 11.2. The quantitative estimate of drug-likeness (QED) is 0.851. The Bertz CT molecular complexity index is 552. The lowest BCUT2D eigenvalue weighted by molar-refractivity contribution is 1.16. The molecule has 0 saturated carbocycles. The Balaban J connectivity index is 2.08. The van der Waals surface area contributed by atoms with Crippen LogP contribution in [0.1, 0.15) is 5.56 Å². The molecule has 0 fully saturated rings. The molecule has 0 aliphatic carbocycles. The van der Waals surface area contributed by atoms with E-state index in [2.05, 4.69) is 21.2 Å². The summed E-state index contributed by atoms with van der Waals surface area (Å²) in [6.07, 6.45) is 0. The van der Waals surface area contributed by atoms with Crippen LogP contribution in [0.3, 0.4) is 0 Å². The fourth-order valence-electron chi connectivity index (χ4n) is 1.18. The molecular weight excluding hydrogens is 330 g/mol. The molecule has 0 aliphatic rings. The van der Waals surface area contributed by atoms with Crippen molar-refractivity contribution in [1.82, 2.24) is 0 Å². The monoisotopic (exact) mass is 335 g/mol. The molecule has 0 unspecified atom stereocenters. The van der Waals surface area contributed by atoms with E-state index in [0.29, 0.717) is 11.6 Å². The summed E-state index contributed by atoms with van der Waals surface area (Å²) >= 11 is 9.25. The lowest BCUT2D eigenvalue weighted by atomic mass is 10.2. The Hall–Kier alpha value is -0.360. The zero-order valence-electron chi connectivity index (χ0n) is 8.00. The van der Waals surface area contributed by atoms with E-state index in [-0.39, 0.29) is 4.74 Å². The van der Waals surface area contributed by atoms with E-state index in [1.165, 1.54) is 10.3 Å². The van der Waals surface area contributed by atoms with Crippen LogP contribution < -0.4 is 10.1 Å². The van der Waals surface area contributed by atoms with Gasteiger partial charge in [0.05, 0.1) is 0 Å². The van der Waals surface area contributed by atoms with Gasteiger partial charge in [0, 0.05) is 11.0 Å². The molecular formula is C10H7BrClNOS2. The highest BCUT2D eigenvalue weighted by atomic mass is 79.9. The summed E-state index contributed by atoms with van der Waals surface area (Å²) in [4.78, 5) is 11.2. The zero-order valence-corrected chi connectivity index (χ0v) is 12.0. The van der Waals surface area contributed by atoms with Gasteiger partial charge in [-0.3, -0.25) is 4.79 Å². The van der Waals surface area contributed by atoms with Gasteiger partial charge < -0.3 is 5.32 Å². The first-order valence-electron chi connectivity index (χ1n) is 4.44. The van der Waals surface area contributed by atoms with Gasteiger partial charge in [0.25, 0.3) is 4.74 Å². The summed E-state index contributed by atoms with van der Waals surface area (Å²) in [7, 11) is 2.53. The number of halogens is 2. The summed E-state index contributed by atoms with van der Waals surface area (Å²) in [6.45, 7) is 0.659. The second kappa shape index (κ2) is 5.31. The van der Waals surface area contributed by atoms with Gasteiger partial charge in [0.15, 0.2) is 0 Å². The van der Waals surface area contributed by atoms with Gasteiger partial charge in [0.2, 0.25) is 0 Å². The van der Waals surface area contributed by atoms with Gasteiger partial charge in [0.1, 0.15) is 10.0 Å². The average molecular weight is 337 g/mol. The van der Waals surface area contributed by atoms with Gasteiger partial charge in [-0.05, 0) is 28.0 Å². The second-order valence-electron chi connectivity index (χ2n) is 3.08. The Labute approximate surface area is 113 Å².